The number of carboxylic acid groups (broad SMARTS) is 1. The van der Waals surface area contributed by atoms with Crippen molar-refractivity contribution in [2.24, 2.45) is 17.3 Å². The standard InChI is InChI=1S/C17H23NO4/c1-17(2,3)8-13-9-18(10-14(13)16(20)21)15(19)5-4-12-6-7-22-11-12/h4-7,11,13-14H,8-10H2,1-3H3,(H,20,21)/b5-4+/t13-,14-/m1/s1. The van der Waals surface area contributed by atoms with Crippen LogP contribution in [0.1, 0.15) is 32.8 Å². The van der Waals surface area contributed by atoms with Gasteiger partial charge >= 0.3 is 5.97 Å². The second-order valence-electron chi connectivity index (χ2n) is 7.10. The third-order valence-corrected chi connectivity index (χ3v) is 3.91. The predicted octanol–water partition coefficient (Wildman–Crippen LogP) is 2.89. The van der Waals surface area contributed by atoms with Gasteiger partial charge in [0.05, 0.1) is 18.4 Å². The fourth-order valence-corrected chi connectivity index (χ4v) is 2.97. The van der Waals surface area contributed by atoms with Crippen molar-refractivity contribution in [3.05, 3.63) is 30.2 Å². The first-order valence-corrected chi connectivity index (χ1v) is 7.48. The maximum Gasteiger partial charge on any atom is 0.308 e. The summed E-state index contributed by atoms with van der Waals surface area (Å²) in [5, 5.41) is 9.39. The van der Waals surface area contributed by atoms with Gasteiger partial charge < -0.3 is 14.4 Å². The van der Waals surface area contributed by atoms with Crippen molar-refractivity contribution in [1.82, 2.24) is 4.90 Å². The van der Waals surface area contributed by atoms with Crippen LogP contribution in [0.4, 0.5) is 0 Å². The highest BCUT2D eigenvalue weighted by atomic mass is 16.4. The Bertz CT molecular complexity index is 554. The maximum absolute atomic E-state index is 12.2. The average Bonchev–Trinajstić information content (AvgIpc) is 3.02. The summed E-state index contributed by atoms with van der Waals surface area (Å²) in [6, 6.07) is 1.76. The molecule has 5 nitrogen and oxygen atoms in total. The van der Waals surface area contributed by atoms with Crippen LogP contribution in [-0.2, 0) is 9.59 Å². The molecule has 5 heteroatoms. The lowest BCUT2D eigenvalue weighted by Crippen LogP contribution is -2.28. The first-order valence-electron chi connectivity index (χ1n) is 7.48. The van der Waals surface area contributed by atoms with Crippen LogP contribution >= 0.6 is 0 Å². The van der Waals surface area contributed by atoms with E-state index in [2.05, 4.69) is 20.8 Å². The lowest BCUT2D eigenvalue weighted by molar-refractivity contribution is -0.142. The van der Waals surface area contributed by atoms with Gasteiger partial charge in [-0.3, -0.25) is 9.59 Å². The number of carboxylic acids is 1. The van der Waals surface area contributed by atoms with Crippen LogP contribution in [0.15, 0.2) is 29.1 Å². The Hall–Kier alpha value is -2.04. The Morgan fingerprint density at radius 3 is 2.68 bits per heavy atom. The number of rotatable bonds is 4. The fourth-order valence-electron chi connectivity index (χ4n) is 2.97. The molecule has 0 aromatic carbocycles. The van der Waals surface area contributed by atoms with E-state index in [1.54, 1.807) is 29.6 Å². The van der Waals surface area contributed by atoms with E-state index in [9.17, 15) is 14.7 Å². The molecule has 1 saturated heterocycles. The number of hydrogen-bond donors (Lipinski definition) is 1. The Kier molecular flexibility index (Phi) is 4.74. The molecule has 1 amide bonds. The summed E-state index contributed by atoms with van der Waals surface area (Å²) in [7, 11) is 0. The Morgan fingerprint density at radius 1 is 1.41 bits per heavy atom. The minimum absolute atomic E-state index is 0.00350. The van der Waals surface area contributed by atoms with Gasteiger partial charge in [-0.25, -0.2) is 0 Å². The molecule has 0 radical (unpaired) electrons. The number of furan rings is 1. The molecule has 0 bridgehead atoms. The summed E-state index contributed by atoms with van der Waals surface area (Å²) in [5.41, 5.74) is 0.859. The molecule has 1 aromatic heterocycles. The normalized spacial score (nSPS) is 22.4. The smallest absolute Gasteiger partial charge is 0.308 e. The van der Waals surface area contributed by atoms with Gasteiger partial charge in [-0.15, -0.1) is 0 Å². The van der Waals surface area contributed by atoms with Crippen molar-refractivity contribution in [2.45, 2.75) is 27.2 Å². The van der Waals surface area contributed by atoms with E-state index in [-0.39, 0.29) is 23.8 Å². The zero-order valence-electron chi connectivity index (χ0n) is 13.3. The molecule has 0 spiro atoms. The van der Waals surface area contributed by atoms with Crippen molar-refractivity contribution in [3.63, 3.8) is 0 Å². The summed E-state index contributed by atoms with van der Waals surface area (Å²) in [6.07, 6.45) is 7.04. The lowest BCUT2D eigenvalue weighted by Gasteiger charge is -2.24. The van der Waals surface area contributed by atoms with Crippen LogP contribution in [0, 0.1) is 17.3 Å². The largest absolute Gasteiger partial charge is 0.481 e. The van der Waals surface area contributed by atoms with Gasteiger partial charge in [-0.1, -0.05) is 20.8 Å². The summed E-state index contributed by atoms with van der Waals surface area (Å²) in [4.78, 5) is 25.3. The fraction of sp³-hybridized carbons (Fsp3) is 0.529. The molecular weight excluding hydrogens is 282 g/mol. The Balaban J connectivity index is 2.03. The monoisotopic (exact) mass is 305 g/mol. The number of nitrogens with zero attached hydrogens (tertiary/aromatic N) is 1. The first kappa shape index (κ1) is 16.3. The first-order chi connectivity index (χ1) is 10.3. The molecule has 1 N–H and O–H groups in total. The minimum Gasteiger partial charge on any atom is -0.481 e. The molecule has 0 aliphatic carbocycles. The van der Waals surface area contributed by atoms with Gasteiger partial charge in [0.2, 0.25) is 5.91 Å². The zero-order chi connectivity index (χ0) is 16.3. The van der Waals surface area contributed by atoms with E-state index in [4.69, 9.17) is 4.42 Å². The van der Waals surface area contributed by atoms with Crippen LogP contribution in [0.5, 0.6) is 0 Å². The van der Waals surface area contributed by atoms with Crippen molar-refractivity contribution < 1.29 is 19.1 Å². The summed E-state index contributed by atoms with van der Waals surface area (Å²) < 4.78 is 4.94. The van der Waals surface area contributed by atoms with Gasteiger partial charge in [0.25, 0.3) is 0 Å². The third kappa shape index (κ3) is 4.23. The van der Waals surface area contributed by atoms with Gasteiger partial charge in [0.1, 0.15) is 0 Å². The molecule has 2 heterocycles. The van der Waals surface area contributed by atoms with E-state index in [0.29, 0.717) is 6.54 Å². The lowest BCUT2D eigenvalue weighted by atomic mass is 9.80. The van der Waals surface area contributed by atoms with E-state index in [0.717, 1.165) is 12.0 Å². The summed E-state index contributed by atoms with van der Waals surface area (Å²) in [5.74, 6) is -1.44. The van der Waals surface area contributed by atoms with E-state index in [1.165, 1.54) is 6.08 Å². The van der Waals surface area contributed by atoms with Crippen LogP contribution in [-0.4, -0.2) is 35.0 Å². The Morgan fingerprint density at radius 2 is 2.14 bits per heavy atom. The second kappa shape index (κ2) is 6.38. The van der Waals surface area contributed by atoms with Crippen molar-refractivity contribution in [3.8, 4) is 0 Å². The van der Waals surface area contributed by atoms with Gasteiger partial charge in [0, 0.05) is 24.7 Å². The Labute approximate surface area is 130 Å². The summed E-state index contributed by atoms with van der Waals surface area (Å²) in [6.45, 7) is 7.06. The number of likely N-dealkylation sites (tertiary alicyclic amines) is 1. The molecule has 1 aliphatic heterocycles. The highest BCUT2D eigenvalue weighted by Gasteiger charge is 2.40. The molecular formula is C17H23NO4. The van der Waals surface area contributed by atoms with Gasteiger partial charge in [-0.2, -0.15) is 0 Å². The molecule has 22 heavy (non-hydrogen) atoms. The predicted molar refractivity (Wildman–Crippen MR) is 83.0 cm³/mol. The SMILES string of the molecule is CC(C)(C)C[C@@H]1CN(C(=O)/C=C/c2ccoc2)C[C@H]1C(=O)O. The summed E-state index contributed by atoms with van der Waals surface area (Å²) >= 11 is 0. The molecule has 1 aromatic rings. The van der Waals surface area contributed by atoms with Crippen molar-refractivity contribution >= 4 is 18.0 Å². The van der Waals surface area contributed by atoms with Crippen LogP contribution in [0.3, 0.4) is 0 Å². The van der Waals surface area contributed by atoms with Gasteiger partial charge in [-0.05, 0) is 29.9 Å². The van der Waals surface area contributed by atoms with E-state index in [1.807, 2.05) is 0 Å². The zero-order valence-corrected chi connectivity index (χ0v) is 13.3. The molecule has 0 unspecified atom stereocenters. The minimum atomic E-state index is -0.816. The number of amides is 1. The average molecular weight is 305 g/mol. The van der Waals surface area contributed by atoms with Crippen LogP contribution in [0.2, 0.25) is 0 Å². The number of hydrogen-bond acceptors (Lipinski definition) is 3. The highest BCUT2D eigenvalue weighted by molar-refractivity contribution is 5.92. The molecule has 1 fully saturated rings. The third-order valence-electron chi connectivity index (χ3n) is 3.91. The molecule has 120 valence electrons. The van der Waals surface area contributed by atoms with Crippen molar-refractivity contribution in [2.75, 3.05) is 13.1 Å². The molecule has 0 saturated carbocycles. The quantitative estimate of drug-likeness (QED) is 0.868. The molecule has 2 atom stereocenters. The number of carbonyl (C=O) groups is 2. The topological polar surface area (TPSA) is 70.8 Å². The van der Waals surface area contributed by atoms with E-state index < -0.39 is 11.9 Å². The second-order valence-corrected chi connectivity index (χ2v) is 7.10. The number of aliphatic carboxylic acids is 1. The molecule has 1 aliphatic rings. The van der Waals surface area contributed by atoms with Crippen LogP contribution < -0.4 is 0 Å². The van der Waals surface area contributed by atoms with Gasteiger partial charge in [0.15, 0.2) is 0 Å². The molecule has 2 rings (SSSR count). The van der Waals surface area contributed by atoms with E-state index >= 15 is 0 Å². The van der Waals surface area contributed by atoms with Crippen LogP contribution in [0.25, 0.3) is 6.08 Å². The maximum atomic E-state index is 12.2. The number of carbonyl (C=O) groups excluding carboxylic acids is 1. The van der Waals surface area contributed by atoms with Crippen molar-refractivity contribution in [1.29, 1.82) is 0 Å². The highest BCUT2D eigenvalue weighted by Crippen LogP contribution is 2.34.